The summed E-state index contributed by atoms with van der Waals surface area (Å²) in [4.78, 5) is 18.7. The zero-order valence-corrected chi connectivity index (χ0v) is 29.7. The molecule has 1 atom stereocenters. The third-order valence-electron chi connectivity index (χ3n) is 9.12. The van der Waals surface area contributed by atoms with Crippen molar-refractivity contribution >= 4 is 57.3 Å². The van der Waals surface area contributed by atoms with Crippen LogP contribution < -0.4 is 21.6 Å². The first-order valence-corrected chi connectivity index (χ1v) is 17.5. The molecule has 0 bridgehead atoms. The molecule has 1 aromatic heterocycles. The Bertz CT molecular complexity index is 2280. The number of halogens is 6. The van der Waals surface area contributed by atoms with Crippen molar-refractivity contribution in [3.05, 3.63) is 141 Å². The average molecular weight is 778 g/mol. The quantitative estimate of drug-likeness (QED) is 0.0861. The Kier molecular flexibility index (Phi) is 10.6. The lowest BCUT2D eigenvalue weighted by atomic mass is 10.0. The molecule has 0 spiro atoms. The minimum Gasteiger partial charge on any atom is -0.445 e. The van der Waals surface area contributed by atoms with Crippen LogP contribution in [0.25, 0.3) is 10.9 Å². The number of anilines is 3. The van der Waals surface area contributed by atoms with Gasteiger partial charge in [0.05, 0.1) is 38.6 Å². The van der Waals surface area contributed by atoms with Crippen LogP contribution >= 0.6 is 23.2 Å². The van der Waals surface area contributed by atoms with Crippen molar-refractivity contribution < 1.29 is 27.1 Å². The number of carbonyl (C=O) groups is 1. The van der Waals surface area contributed by atoms with Gasteiger partial charge in [0.1, 0.15) is 18.5 Å². The molecule has 1 unspecified atom stereocenters. The summed E-state index contributed by atoms with van der Waals surface area (Å²) < 4.78 is 62.8. The first-order valence-electron chi connectivity index (χ1n) is 16.7. The monoisotopic (exact) mass is 776 g/mol. The van der Waals surface area contributed by atoms with Crippen LogP contribution in [-0.4, -0.2) is 40.1 Å². The van der Waals surface area contributed by atoms with Gasteiger partial charge in [-0.25, -0.2) is 22.4 Å². The highest BCUT2D eigenvalue weighted by Crippen LogP contribution is 2.38. The van der Waals surface area contributed by atoms with E-state index in [2.05, 4.69) is 32.6 Å². The second-order valence-electron chi connectivity index (χ2n) is 12.6. The third-order valence-corrected chi connectivity index (χ3v) is 9.70. The van der Waals surface area contributed by atoms with Crippen molar-refractivity contribution in [3.8, 4) is 6.07 Å². The summed E-state index contributed by atoms with van der Waals surface area (Å²) in [6.07, 6.45) is 3.83. The number of nitriles is 1. The molecule has 2 aliphatic heterocycles. The summed E-state index contributed by atoms with van der Waals surface area (Å²) in [6.45, 7) is 1.04. The van der Waals surface area contributed by atoms with Crippen molar-refractivity contribution in [2.24, 2.45) is 0 Å². The molecule has 276 valence electrons. The first-order chi connectivity index (χ1) is 26.1. The number of piperidine rings is 1. The fraction of sp³-hybridized carbons (Fsp3) is 0.184. The highest BCUT2D eigenvalue weighted by molar-refractivity contribution is 6.36. The van der Waals surface area contributed by atoms with E-state index < -0.39 is 35.4 Å². The van der Waals surface area contributed by atoms with E-state index in [1.807, 2.05) is 30.3 Å². The van der Waals surface area contributed by atoms with Gasteiger partial charge in [-0.3, -0.25) is 9.99 Å². The molecule has 1 saturated heterocycles. The number of fused-ring (bicyclic) bond motifs is 1. The van der Waals surface area contributed by atoms with Crippen LogP contribution in [0.4, 0.5) is 39.4 Å². The molecule has 16 heteroatoms. The largest absolute Gasteiger partial charge is 0.445 e. The van der Waals surface area contributed by atoms with Gasteiger partial charge >= 0.3 is 6.09 Å². The fourth-order valence-corrected chi connectivity index (χ4v) is 6.80. The van der Waals surface area contributed by atoms with Gasteiger partial charge in [-0.2, -0.15) is 5.26 Å². The zero-order valence-electron chi connectivity index (χ0n) is 28.1. The van der Waals surface area contributed by atoms with Crippen LogP contribution in [-0.2, 0) is 11.3 Å². The van der Waals surface area contributed by atoms with Gasteiger partial charge in [0.2, 0.25) is 0 Å². The molecule has 2 aliphatic rings. The van der Waals surface area contributed by atoms with Crippen molar-refractivity contribution in [2.45, 2.75) is 31.5 Å². The maximum Gasteiger partial charge on any atom is 0.410 e. The highest BCUT2D eigenvalue weighted by atomic mass is 35.5. The summed E-state index contributed by atoms with van der Waals surface area (Å²) in [5.41, 5.74) is 9.00. The van der Waals surface area contributed by atoms with Crippen LogP contribution in [0.15, 0.2) is 90.9 Å². The van der Waals surface area contributed by atoms with Gasteiger partial charge in [0, 0.05) is 48.3 Å². The normalized spacial score (nSPS) is 15.0. The maximum atomic E-state index is 14.7. The Hall–Kier alpha value is -5.75. The van der Waals surface area contributed by atoms with Crippen molar-refractivity contribution in [3.63, 3.8) is 0 Å². The minimum absolute atomic E-state index is 0.0456. The van der Waals surface area contributed by atoms with E-state index in [9.17, 15) is 27.6 Å². The SMILES string of the molecule is N#Cc1cnc2c(Cl)cc(NC(C3=CN(C4CCN(C(=O)OCc5ccccc5)CC4)NN3)c3cc(F)c(F)c(F)c3)cc2c1Nc1ccc(F)c(Cl)c1. The second-order valence-corrected chi connectivity index (χ2v) is 13.4. The zero-order chi connectivity index (χ0) is 37.9. The minimum atomic E-state index is -1.61. The molecule has 0 saturated carbocycles. The van der Waals surface area contributed by atoms with Gasteiger partial charge in [0.15, 0.2) is 17.5 Å². The van der Waals surface area contributed by atoms with Crippen molar-refractivity contribution in [2.75, 3.05) is 23.7 Å². The van der Waals surface area contributed by atoms with Gasteiger partial charge < -0.3 is 25.7 Å². The predicted molar refractivity (Wildman–Crippen MR) is 196 cm³/mol. The van der Waals surface area contributed by atoms with E-state index in [4.69, 9.17) is 27.9 Å². The van der Waals surface area contributed by atoms with Gasteiger partial charge in [0.25, 0.3) is 0 Å². The third kappa shape index (κ3) is 7.79. The molecule has 7 rings (SSSR count). The van der Waals surface area contributed by atoms with Crippen LogP contribution in [0.2, 0.25) is 10.0 Å². The van der Waals surface area contributed by atoms with Crippen LogP contribution in [0.3, 0.4) is 0 Å². The van der Waals surface area contributed by atoms with E-state index in [1.165, 1.54) is 24.4 Å². The molecule has 0 radical (unpaired) electrons. The smallest absolute Gasteiger partial charge is 0.410 e. The molecule has 1 amide bonds. The number of hydrogen-bond acceptors (Lipinski definition) is 9. The standard InChI is InChI=1S/C38H30Cl2F4N8O2/c39-28-15-24(6-7-30(28)41)47-35-23(17-45)18-46-37-27(35)14-25(16-29(37)40)48-36(22-12-31(42)34(44)32(43)13-22)33-19-52(50-49-33)26-8-10-51(11-9-26)38(53)54-20-21-4-2-1-3-5-21/h1-7,12-16,18-19,26,36,48-50H,8-11,20H2,(H,46,47). The molecule has 3 heterocycles. The van der Waals surface area contributed by atoms with Crippen LogP contribution in [0.1, 0.15) is 35.6 Å². The number of amides is 1. The van der Waals surface area contributed by atoms with Crippen LogP contribution in [0.5, 0.6) is 0 Å². The molecular formula is C38H30Cl2F4N8O2. The topological polar surface area (TPSA) is 118 Å². The Morgan fingerprint density at radius 2 is 1.69 bits per heavy atom. The molecule has 1 fully saturated rings. The molecule has 54 heavy (non-hydrogen) atoms. The number of aromatic nitrogens is 1. The molecule has 4 N–H and O–H groups in total. The summed E-state index contributed by atoms with van der Waals surface area (Å²) in [7, 11) is 0. The summed E-state index contributed by atoms with van der Waals surface area (Å²) >= 11 is 12.7. The van der Waals surface area contributed by atoms with Gasteiger partial charge in [-0.1, -0.05) is 53.5 Å². The number of benzene rings is 4. The number of nitrogens with one attached hydrogen (secondary N) is 4. The number of ether oxygens (including phenoxy) is 1. The van der Waals surface area contributed by atoms with Gasteiger partial charge in [-0.05, 0) is 66.4 Å². The Labute approximate surface area is 316 Å². The predicted octanol–water partition coefficient (Wildman–Crippen LogP) is 8.83. The van der Waals surface area contributed by atoms with E-state index in [0.717, 1.165) is 17.7 Å². The Morgan fingerprint density at radius 3 is 2.39 bits per heavy atom. The number of hydrazine groups is 2. The number of pyridine rings is 1. The number of rotatable bonds is 9. The lowest BCUT2D eigenvalue weighted by molar-refractivity contribution is 0.0681. The lowest BCUT2D eigenvalue weighted by Crippen LogP contribution is -2.49. The van der Waals surface area contributed by atoms with E-state index in [-0.39, 0.29) is 33.8 Å². The fourth-order valence-electron chi connectivity index (χ4n) is 6.35. The molecule has 0 aliphatic carbocycles. The Morgan fingerprint density at radius 1 is 0.963 bits per heavy atom. The van der Waals surface area contributed by atoms with E-state index >= 15 is 0 Å². The molecule has 10 nitrogen and oxygen atoms in total. The molecule has 5 aromatic rings. The first kappa shape index (κ1) is 36.6. The summed E-state index contributed by atoms with van der Waals surface area (Å²) in [6, 6.07) is 19.4. The summed E-state index contributed by atoms with van der Waals surface area (Å²) in [5.74, 6) is -4.99. The van der Waals surface area contributed by atoms with Crippen LogP contribution in [0, 0.1) is 34.6 Å². The Balaban J connectivity index is 1.15. The van der Waals surface area contributed by atoms with Gasteiger partial charge in [-0.15, -0.1) is 5.53 Å². The van der Waals surface area contributed by atoms with Crippen molar-refractivity contribution in [1.82, 2.24) is 25.9 Å². The second kappa shape index (κ2) is 15.7. The number of hydrogen-bond donors (Lipinski definition) is 4. The molecule has 4 aromatic carbocycles. The average Bonchev–Trinajstić information content (AvgIpc) is 3.67. The number of carbonyl (C=O) groups excluding carboxylic acids is 1. The summed E-state index contributed by atoms with van der Waals surface area (Å²) in [5, 5.41) is 18.5. The number of likely N-dealkylation sites (tertiary alicyclic amines) is 1. The van der Waals surface area contributed by atoms with E-state index in [0.29, 0.717) is 59.6 Å². The van der Waals surface area contributed by atoms with Crippen molar-refractivity contribution in [1.29, 1.82) is 5.26 Å². The van der Waals surface area contributed by atoms with E-state index in [1.54, 1.807) is 28.2 Å². The molecular weight excluding hydrogens is 747 g/mol. The maximum absolute atomic E-state index is 14.7. The highest BCUT2D eigenvalue weighted by Gasteiger charge is 2.31. The number of nitrogens with zero attached hydrogens (tertiary/aromatic N) is 4. The lowest BCUT2D eigenvalue weighted by Gasteiger charge is -2.35.